The van der Waals surface area contributed by atoms with Crippen LogP contribution >= 0.6 is 0 Å². The van der Waals surface area contributed by atoms with Crippen LogP contribution in [0.2, 0.25) is 0 Å². The Bertz CT molecular complexity index is 1410. The number of aryl methyl sites for hydroxylation is 2. The fourth-order valence-electron chi connectivity index (χ4n) is 3.46. The number of nitrogens with zero attached hydrogens (tertiary/aromatic N) is 1. The van der Waals surface area contributed by atoms with E-state index in [-0.39, 0.29) is 34.7 Å². The minimum atomic E-state index is -4.48. The van der Waals surface area contributed by atoms with Crippen LogP contribution in [-0.4, -0.2) is 42.6 Å². The zero-order chi connectivity index (χ0) is 23.1. The molecule has 2 aromatic heterocycles. The molecular weight excluding hydrogens is 428 g/mol. The van der Waals surface area contributed by atoms with Crippen molar-refractivity contribution in [2.75, 3.05) is 18.4 Å². The quantitative estimate of drug-likeness (QED) is 0.476. The van der Waals surface area contributed by atoms with Gasteiger partial charge in [-0.15, -0.1) is 0 Å². The Labute approximate surface area is 177 Å². The van der Waals surface area contributed by atoms with Crippen LogP contribution < -0.4 is 20.7 Å². The number of hydrogen-bond donors (Lipinski definition) is 3. The van der Waals surface area contributed by atoms with Gasteiger partial charge in [-0.3, -0.25) is 14.5 Å². The fourth-order valence-corrected chi connectivity index (χ4v) is 4.78. The van der Waals surface area contributed by atoms with Crippen LogP contribution in [-0.2, 0) is 21.8 Å². The van der Waals surface area contributed by atoms with E-state index >= 15 is 0 Å². The monoisotopic (exact) mass is 450 g/mol. The number of esters is 1. The van der Waals surface area contributed by atoms with Gasteiger partial charge in [-0.2, -0.15) is 0 Å². The van der Waals surface area contributed by atoms with Gasteiger partial charge in [0.1, 0.15) is 11.4 Å². The Morgan fingerprint density at radius 1 is 1.19 bits per heavy atom. The third-order valence-electron chi connectivity index (χ3n) is 4.90. The highest BCUT2D eigenvalue weighted by molar-refractivity contribution is 7.92. The highest BCUT2D eigenvalue weighted by atomic mass is 32.2. The van der Waals surface area contributed by atoms with E-state index < -0.39 is 32.1 Å². The van der Waals surface area contributed by atoms with Gasteiger partial charge in [-0.25, -0.2) is 18.0 Å². The maximum Gasteiger partial charge on any atom is 0.340 e. The molecule has 0 spiro atoms. The molecule has 0 aliphatic rings. The van der Waals surface area contributed by atoms with Crippen molar-refractivity contribution in [2.24, 2.45) is 7.05 Å². The fraction of sp³-hybridized carbons (Fsp3) is 0.316. The van der Waals surface area contributed by atoms with Crippen molar-refractivity contribution >= 4 is 32.6 Å². The van der Waals surface area contributed by atoms with E-state index in [4.69, 9.17) is 9.47 Å². The van der Waals surface area contributed by atoms with Gasteiger partial charge in [0.05, 0.1) is 24.8 Å². The van der Waals surface area contributed by atoms with Crippen molar-refractivity contribution < 1.29 is 22.7 Å². The molecule has 12 heteroatoms. The SMILES string of the molecule is CCOC(=O)c1c(C)n(C)c2ccc(OC)c(NS(=O)(=O)c3c(C)[nH]c(=O)[nH]c3=O)c12. The first-order valence-corrected chi connectivity index (χ1v) is 10.7. The first-order chi connectivity index (χ1) is 14.5. The normalized spacial score (nSPS) is 11.5. The largest absolute Gasteiger partial charge is 0.495 e. The summed E-state index contributed by atoms with van der Waals surface area (Å²) in [4.78, 5) is 39.9. The van der Waals surface area contributed by atoms with Crippen LogP contribution in [0.3, 0.4) is 0 Å². The number of H-pyrrole nitrogens is 2. The van der Waals surface area contributed by atoms with Gasteiger partial charge in [-0.1, -0.05) is 0 Å². The summed E-state index contributed by atoms with van der Waals surface area (Å²) in [5.41, 5.74) is -0.799. The maximum atomic E-state index is 13.1. The summed E-state index contributed by atoms with van der Waals surface area (Å²) in [6, 6.07) is 3.22. The predicted molar refractivity (Wildman–Crippen MR) is 113 cm³/mol. The molecule has 0 radical (unpaired) electrons. The number of sulfonamides is 1. The molecule has 0 fully saturated rings. The predicted octanol–water partition coefficient (Wildman–Crippen LogP) is 1.16. The lowest BCUT2D eigenvalue weighted by Gasteiger charge is -2.15. The third kappa shape index (κ3) is 3.69. The van der Waals surface area contributed by atoms with Crippen LogP contribution in [0, 0.1) is 13.8 Å². The van der Waals surface area contributed by atoms with Crippen LogP contribution in [0.15, 0.2) is 26.6 Å². The molecule has 2 heterocycles. The summed E-state index contributed by atoms with van der Waals surface area (Å²) in [5.74, 6) is -0.497. The molecule has 0 aliphatic heterocycles. The highest BCUT2D eigenvalue weighted by Crippen LogP contribution is 2.39. The van der Waals surface area contributed by atoms with Gasteiger partial charge in [-0.05, 0) is 32.9 Å². The molecule has 0 unspecified atom stereocenters. The van der Waals surface area contributed by atoms with Crippen LogP contribution in [0.1, 0.15) is 28.7 Å². The molecule has 166 valence electrons. The summed E-state index contributed by atoms with van der Waals surface area (Å²) < 4.78 is 40.8. The molecule has 0 aliphatic carbocycles. The Morgan fingerprint density at radius 2 is 1.87 bits per heavy atom. The standard InChI is InChI=1S/C19H22N4O7S/c1-6-30-18(25)13-10(3)23(4)11-7-8-12(29-5)15(14(11)13)22-31(27,28)16-9(2)20-19(26)21-17(16)24/h7-8,22H,6H2,1-5H3,(H2,20,21,24,26). The zero-order valence-electron chi connectivity index (χ0n) is 17.6. The molecule has 1 aromatic carbocycles. The molecule has 0 atom stereocenters. The second-order valence-electron chi connectivity index (χ2n) is 6.74. The number of carbonyl (C=O) groups is 1. The molecule has 0 bridgehead atoms. The number of rotatable bonds is 6. The number of aromatic nitrogens is 3. The molecule has 31 heavy (non-hydrogen) atoms. The second-order valence-corrected chi connectivity index (χ2v) is 8.36. The average molecular weight is 450 g/mol. The minimum absolute atomic E-state index is 0.0308. The summed E-state index contributed by atoms with van der Waals surface area (Å²) in [6.45, 7) is 4.78. The Balaban J connectivity index is 2.34. The summed E-state index contributed by atoms with van der Waals surface area (Å²) in [5, 5.41) is 0.264. The molecule has 3 N–H and O–H groups in total. The minimum Gasteiger partial charge on any atom is -0.495 e. The number of nitrogens with one attached hydrogen (secondary N) is 3. The average Bonchev–Trinajstić information content (AvgIpc) is 2.92. The lowest BCUT2D eigenvalue weighted by molar-refractivity contribution is 0.0527. The van der Waals surface area contributed by atoms with Gasteiger partial charge in [0, 0.05) is 23.8 Å². The highest BCUT2D eigenvalue weighted by Gasteiger charge is 2.29. The number of benzene rings is 1. The van der Waals surface area contributed by atoms with Crippen molar-refractivity contribution in [1.82, 2.24) is 14.5 Å². The molecule has 0 amide bonds. The van der Waals surface area contributed by atoms with Gasteiger partial charge in [0.15, 0.2) is 4.90 Å². The first-order valence-electron chi connectivity index (χ1n) is 9.22. The molecule has 11 nitrogen and oxygen atoms in total. The van der Waals surface area contributed by atoms with Gasteiger partial charge in [0.2, 0.25) is 0 Å². The lowest BCUT2D eigenvalue weighted by atomic mass is 10.1. The number of carbonyl (C=O) groups excluding carboxylic acids is 1. The van der Waals surface area contributed by atoms with Crippen LogP contribution in [0.5, 0.6) is 5.75 Å². The van der Waals surface area contributed by atoms with Crippen molar-refractivity contribution in [2.45, 2.75) is 25.7 Å². The smallest absolute Gasteiger partial charge is 0.340 e. The number of methoxy groups -OCH3 is 1. The van der Waals surface area contributed by atoms with Gasteiger partial charge in [0.25, 0.3) is 15.6 Å². The van der Waals surface area contributed by atoms with E-state index in [1.807, 2.05) is 4.98 Å². The van der Waals surface area contributed by atoms with Crippen molar-refractivity contribution in [3.63, 3.8) is 0 Å². The van der Waals surface area contributed by atoms with E-state index in [0.29, 0.717) is 11.2 Å². The Kier molecular flexibility index (Phi) is 5.68. The number of anilines is 1. The number of aromatic amines is 2. The van der Waals surface area contributed by atoms with Gasteiger partial charge >= 0.3 is 11.7 Å². The van der Waals surface area contributed by atoms with Crippen molar-refractivity contribution in [3.8, 4) is 5.75 Å². The third-order valence-corrected chi connectivity index (χ3v) is 6.40. The number of ether oxygens (including phenoxy) is 2. The van der Waals surface area contributed by atoms with E-state index in [1.54, 1.807) is 37.6 Å². The topological polar surface area (TPSA) is 152 Å². The van der Waals surface area contributed by atoms with Crippen LogP contribution in [0.4, 0.5) is 5.69 Å². The van der Waals surface area contributed by atoms with Crippen molar-refractivity contribution in [3.05, 3.63) is 49.9 Å². The molecule has 3 aromatic rings. The van der Waals surface area contributed by atoms with Crippen molar-refractivity contribution in [1.29, 1.82) is 0 Å². The van der Waals surface area contributed by atoms with E-state index in [2.05, 4.69) is 9.71 Å². The lowest BCUT2D eigenvalue weighted by Crippen LogP contribution is -2.31. The van der Waals surface area contributed by atoms with E-state index in [9.17, 15) is 22.8 Å². The Hall–Kier alpha value is -3.54. The van der Waals surface area contributed by atoms with Crippen LogP contribution in [0.25, 0.3) is 10.9 Å². The molecule has 0 saturated heterocycles. The molecule has 0 saturated carbocycles. The summed E-state index contributed by atoms with van der Waals surface area (Å²) >= 11 is 0. The Morgan fingerprint density at radius 3 is 2.45 bits per heavy atom. The zero-order valence-corrected chi connectivity index (χ0v) is 18.4. The first kappa shape index (κ1) is 22.2. The van der Waals surface area contributed by atoms with E-state index in [1.165, 1.54) is 14.0 Å². The van der Waals surface area contributed by atoms with Gasteiger partial charge < -0.3 is 19.0 Å². The number of hydrogen-bond acceptors (Lipinski definition) is 7. The van der Waals surface area contributed by atoms with E-state index in [0.717, 1.165) is 0 Å². The molecular formula is C19H22N4O7S. The number of fused-ring (bicyclic) bond motifs is 1. The molecule has 3 rings (SSSR count). The second kappa shape index (κ2) is 7.95. The summed E-state index contributed by atoms with van der Waals surface area (Å²) in [6.07, 6.45) is 0. The summed E-state index contributed by atoms with van der Waals surface area (Å²) in [7, 11) is -1.41. The maximum absolute atomic E-state index is 13.1.